The summed E-state index contributed by atoms with van der Waals surface area (Å²) in [5.74, 6) is -0.543. The molecule has 18 heteroatoms. The molecule has 0 unspecified atom stereocenters. The number of sulfonamides is 2. The van der Waals surface area contributed by atoms with Crippen LogP contribution in [0.4, 0.5) is 5.69 Å². The Kier molecular flexibility index (Phi) is 8.55. The molecule has 0 aromatic heterocycles. The van der Waals surface area contributed by atoms with Gasteiger partial charge in [-0.05, 0) is 36.7 Å². The first-order chi connectivity index (χ1) is 17.9. The van der Waals surface area contributed by atoms with Gasteiger partial charge in [0.05, 0.1) is 11.3 Å². The quantitative estimate of drug-likeness (QED) is 0.139. The molecular formula is C20H29ClN10O5S2. The molecule has 1 atom stereocenters. The number of halogens is 1. The summed E-state index contributed by atoms with van der Waals surface area (Å²) in [5, 5.41) is 11.4. The van der Waals surface area contributed by atoms with E-state index < -0.39 is 48.0 Å². The molecule has 38 heavy (non-hydrogen) atoms. The van der Waals surface area contributed by atoms with Gasteiger partial charge in [0.15, 0.2) is 0 Å². The van der Waals surface area contributed by atoms with Crippen LogP contribution in [-0.2, 0) is 20.0 Å². The van der Waals surface area contributed by atoms with Crippen molar-refractivity contribution in [3.63, 3.8) is 0 Å². The van der Waals surface area contributed by atoms with Crippen molar-refractivity contribution in [1.82, 2.24) is 37.3 Å². The Morgan fingerprint density at radius 2 is 1.82 bits per heavy atom. The Labute approximate surface area is 224 Å². The summed E-state index contributed by atoms with van der Waals surface area (Å²) in [6.45, 7) is 1.38. The van der Waals surface area contributed by atoms with E-state index in [1.54, 1.807) is 0 Å². The summed E-state index contributed by atoms with van der Waals surface area (Å²) in [6, 6.07) is 4.89. The number of carbonyl (C=O) groups excluding carboxylic acids is 1. The molecule has 2 aliphatic heterocycles. The molecule has 15 nitrogen and oxygen atoms in total. The van der Waals surface area contributed by atoms with E-state index in [2.05, 4.69) is 37.3 Å². The number of nitrogens with two attached hydrogens (primary N) is 3. The third-order valence-corrected chi connectivity index (χ3v) is 8.93. The third-order valence-electron chi connectivity index (χ3n) is 6.01. The minimum absolute atomic E-state index is 0.0183. The molecule has 2 saturated heterocycles. The first-order valence-corrected chi connectivity index (χ1v) is 14.9. The fourth-order valence-electron chi connectivity index (χ4n) is 4.35. The number of anilines is 1. The number of hydrogen-bond acceptors (Lipinski definition) is 12. The molecule has 0 bridgehead atoms. The van der Waals surface area contributed by atoms with Crippen LogP contribution in [0.15, 0.2) is 34.1 Å². The van der Waals surface area contributed by atoms with Gasteiger partial charge >= 0.3 is 0 Å². The lowest BCUT2D eigenvalue weighted by Crippen LogP contribution is -2.38. The van der Waals surface area contributed by atoms with Gasteiger partial charge in [0, 0.05) is 41.8 Å². The Morgan fingerprint density at radius 1 is 1.11 bits per heavy atom. The molecule has 0 radical (unpaired) electrons. The smallest absolute Gasteiger partial charge is 0.253 e. The lowest BCUT2D eigenvalue weighted by molar-refractivity contribution is 0.0955. The van der Waals surface area contributed by atoms with E-state index in [9.17, 15) is 21.6 Å². The van der Waals surface area contributed by atoms with E-state index in [0.717, 1.165) is 6.07 Å². The molecule has 2 fully saturated rings. The zero-order chi connectivity index (χ0) is 27.7. The van der Waals surface area contributed by atoms with Crippen LogP contribution < -0.4 is 53.9 Å². The lowest BCUT2D eigenvalue weighted by atomic mass is 9.94. The average Bonchev–Trinajstić information content (AvgIpc) is 3.56. The second-order valence-electron chi connectivity index (χ2n) is 8.64. The molecule has 0 aliphatic carbocycles. The van der Waals surface area contributed by atoms with Crippen molar-refractivity contribution in [1.29, 1.82) is 0 Å². The number of benzene rings is 2. The Bertz CT molecular complexity index is 1440. The van der Waals surface area contributed by atoms with E-state index in [4.69, 9.17) is 28.2 Å². The second-order valence-corrected chi connectivity index (χ2v) is 12.3. The molecule has 1 amide bonds. The number of rotatable bonds is 9. The fourth-order valence-corrected chi connectivity index (χ4v) is 7.50. The molecule has 2 aromatic carbocycles. The van der Waals surface area contributed by atoms with Gasteiger partial charge in [0.25, 0.3) is 5.91 Å². The molecule has 0 spiro atoms. The maximum Gasteiger partial charge on any atom is 0.253 e. The van der Waals surface area contributed by atoms with E-state index in [-0.39, 0.29) is 46.1 Å². The topological polar surface area (TPSA) is 248 Å². The molecule has 2 aliphatic rings. The zero-order valence-corrected chi connectivity index (χ0v) is 22.4. The van der Waals surface area contributed by atoms with E-state index in [1.165, 1.54) is 18.2 Å². The van der Waals surface area contributed by atoms with Crippen molar-refractivity contribution in [2.75, 3.05) is 31.9 Å². The maximum atomic E-state index is 13.4. The van der Waals surface area contributed by atoms with Crippen LogP contribution in [0.2, 0.25) is 5.02 Å². The van der Waals surface area contributed by atoms with Gasteiger partial charge < -0.3 is 22.1 Å². The molecule has 2 heterocycles. The standard InChI is InChI=1S/C20H29ClN10O5S2/c21-10-7-13(17(23)14(8-10)20(32)26-6-4-22)12-1-2-15(38(35,36)29-11-3-5-25-9-11)18(37(24,33)34)16(12)19-27-30-31-28-19/h1-2,7-8,11,19,25,27-31H,3-6,9,22-23H2,(H,26,32)(H2,24,33,34)/t11-/m1/s1. The van der Waals surface area contributed by atoms with Crippen LogP contribution in [0.5, 0.6) is 0 Å². The number of carbonyl (C=O) groups is 1. The van der Waals surface area contributed by atoms with E-state index >= 15 is 0 Å². The molecule has 208 valence electrons. The van der Waals surface area contributed by atoms with Gasteiger partial charge in [0.2, 0.25) is 20.0 Å². The Morgan fingerprint density at radius 3 is 2.42 bits per heavy atom. The first-order valence-electron chi connectivity index (χ1n) is 11.5. The third kappa shape index (κ3) is 5.92. The van der Waals surface area contributed by atoms with Crippen molar-refractivity contribution < 1.29 is 21.6 Å². The van der Waals surface area contributed by atoms with Crippen LogP contribution >= 0.6 is 11.6 Å². The SMILES string of the molecule is NCCNC(=O)c1cc(Cl)cc(-c2ccc(S(=O)(=O)N[C@@H]3CCNC3)c(S(N)(=O)=O)c2C2NNNN2)c1N. The zero-order valence-electron chi connectivity index (χ0n) is 20.0. The van der Waals surface area contributed by atoms with Crippen molar-refractivity contribution in [2.24, 2.45) is 10.9 Å². The molecule has 2 aromatic rings. The highest BCUT2D eigenvalue weighted by Crippen LogP contribution is 2.40. The molecular weight excluding hydrogens is 560 g/mol. The summed E-state index contributed by atoms with van der Waals surface area (Å²) in [4.78, 5) is 11.5. The number of hydrogen-bond donors (Lipinski definition) is 10. The van der Waals surface area contributed by atoms with Gasteiger partial charge in [-0.15, -0.1) is 0 Å². The van der Waals surface area contributed by atoms with Crippen LogP contribution in [0.25, 0.3) is 11.1 Å². The Hall–Kier alpha value is -2.42. The summed E-state index contributed by atoms with van der Waals surface area (Å²) in [7, 11) is -8.99. The van der Waals surface area contributed by atoms with Gasteiger partial charge in [-0.1, -0.05) is 17.7 Å². The minimum atomic E-state index is -4.65. The normalized spacial score (nSPS) is 18.7. The van der Waals surface area contributed by atoms with Crippen LogP contribution in [-0.4, -0.2) is 55.0 Å². The average molecular weight is 589 g/mol. The van der Waals surface area contributed by atoms with Gasteiger partial charge in [0.1, 0.15) is 16.0 Å². The second kappa shape index (κ2) is 11.4. The summed E-state index contributed by atoms with van der Waals surface area (Å²) >= 11 is 6.32. The van der Waals surface area contributed by atoms with Crippen molar-refractivity contribution >= 4 is 43.2 Å². The maximum absolute atomic E-state index is 13.4. The summed E-state index contributed by atoms with van der Waals surface area (Å²) in [5.41, 5.74) is 22.8. The highest BCUT2D eigenvalue weighted by molar-refractivity contribution is 7.92. The van der Waals surface area contributed by atoms with Crippen LogP contribution in [0.3, 0.4) is 0 Å². The number of nitrogen functional groups attached to an aromatic ring is 1. The first kappa shape index (κ1) is 28.6. The van der Waals surface area contributed by atoms with Gasteiger partial charge in [-0.2, -0.15) is 11.1 Å². The monoisotopic (exact) mass is 588 g/mol. The van der Waals surface area contributed by atoms with Crippen molar-refractivity contribution in [2.45, 2.75) is 28.4 Å². The van der Waals surface area contributed by atoms with E-state index in [1.807, 2.05) is 0 Å². The Balaban J connectivity index is 1.97. The highest BCUT2D eigenvalue weighted by atomic mass is 35.5. The van der Waals surface area contributed by atoms with E-state index in [0.29, 0.717) is 19.5 Å². The molecule has 0 saturated carbocycles. The molecule has 4 rings (SSSR count). The van der Waals surface area contributed by atoms with Gasteiger partial charge in [-0.25, -0.2) is 37.5 Å². The fraction of sp³-hybridized carbons (Fsp3) is 0.350. The minimum Gasteiger partial charge on any atom is -0.398 e. The number of amides is 1. The number of primary sulfonamides is 1. The van der Waals surface area contributed by atoms with Gasteiger partial charge in [-0.3, -0.25) is 4.79 Å². The van der Waals surface area contributed by atoms with Crippen molar-refractivity contribution in [3.8, 4) is 11.1 Å². The number of hydrazine groups is 3. The molecule has 13 N–H and O–H groups in total. The summed E-state index contributed by atoms with van der Waals surface area (Å²) < 4.78 is 55.3. The summed E-state index contributed by atoms with van der Waals surface area (Å²) in [6.07, 6.45) is -0.475. The predicted octanol–water partition coefficient (Wildman–Crippen LogP) is -2.32. The predicted molar refractivity (Wildman–Crippen MR) is 141 cm³/mol. The largest absolute Gasteiger partial charge is 0.398 e. The van der Waals surface area contributed by atoms with Crippen molar-refractivity contribution in [3.05, 3.63) is 40.4 Å². The lowest BCUT2D eigenvalue weighted by Gasteiger charge is -2.23. The van der Waals surface area contributed by atoms with Crippen LogP contribution in [0, 0.1) is 0 Å². The number of nitrogens with one attached hydrogen (secondary N) is 7. The highest BCUT2D eigenvalue weighted by Gasteiger charge is 2.36. The van der Waals surface area contributed by atoms with Crippen LogP contribution in [0.1, 0.15) is 28.5 Å².